The average molecular weight is 203 g/mol. The Kier molecular flexibility index (Phi) is 2.72. The second-order valence-electron chi connectivity index (χ2n) is 3.58. The van der Waals surface area contributed by atoms with Crippen molar-refractivity contribution in [1.29, 1.82) is 0 Å². The van der Waals surface area contributed by atoms with E-state index in [0.717, 1.165) is 17.0 Å². The summed E-state index contributed by atoms with van der Waals surface area (Å²) < 4.78 is 10.3. The van der Waals surface area contributed by atoms with Gasteiger partial charge in [-0.3, -0.25) is 0 Å². The van der Waals surface area contributed by atoms with E-state index in [1.54, 1.807) is 6.26 Å². The van der Waals surface area contributed by atoms with Crippen molar-refractivity contribution in [1.82, 2.24) is 5.16 Å². The van der Waals surface area contributed by atoms with Crippen LogP contribution in [-0.2, 0) is 0 Å². The lowest BCUT2D eigenvalue weighted by Crippen LogP contribution is -2.05. The Balaban J connectivity index is 2.17. The fraction of sp³-hybridized carbons (Fsp3) is 0.250. The zero-order chi connectivity index (χ0) is 10.7. The van der Waals surface area contributed by atoms with Crippen molar-refractivity contribution in [2.75, 3.05) is 0 Å². The molecule has 0 saturated heterocycles. The van der Waals surface area contributed by atoms with Crippen molar-refractivity contribution in [3.05, 3.63) is 36.6 Å². The molecule has 0 spiro atoms. The minimum atomic E-state index is 0.197. The van der Waals surface area contributed by atoms with Gasteiger partial charge in [-0.25, -0.2) is 0 Å². The Labute approximate surface area is 88.7 Å². The maximum atomic E-state index is 5.54. The number of hydrogen-bond donors (Lipinski definition) is 0. The first kappa shape index (κ1) is 9.77. The summed E-state index contributed by atoms with van der Waals surface area (Å²) in [5.41, 5.74) is 1.87. The van der Waals surface area contributed by atoms with Gasteiger partial charge in [0.05, 0.1) is 6.10 Å². The van der Waals surface area contributed by atoms with Gasteiger partial charge in [-0.15, -0.1) is 0 Å². The van der Waals surface area contributed by atoms with Crippen molar-refractivity contribution in [3.63, 3.8) is 0 Å². The van der Waals surface area contributed by atoms with Gasteiger partial charge < -0.3 is 9.26 Å². The summed E-state index contributed by atoms with van der Waals surface area (Å²) in [6.45, 7) is 4.01. The molecule has 1 aromatic carbocycles. The van der Waals surface area contributed by atoms with E-state index in [0.29, 0.717) is 0 Å². The molecule has 3 nitrogen and oxygen atoms in total. The van der Waals surface area contributed by atoms with Crippen LogP contribution in [-0.4, -0.2) is 11.3 Å². The van der Waals surface area contributed by atoms with Gasteiger partial charge in [0.25, 0.3) is 0 Å². The van der Waals surface area contributed by atoms with E-state index in [1.165, 1.54) is 0 Å². The molecule has 0 aliphatic carbocycles. The van der Waals surface area contributed by atoms with E-state index in [4.69, 9.17) is 9.26 Å². The lowest BCUT2D eigenvalue weighted by molar-refractivity contribution is 0.242. The minimum Gasteiger partial charge on any atom is -0.491 e. The number of aromatic nitrogens is 1. The predicted octanol–water partition coefficient (Wildman–Crippen LogP) is 3.13. The first-order valence-corrected chi connectivity index (χ1v) is 4.93. The molecule has 0 unspecified atom stereocenters. The Morgan fingerprint density at radius 1 is 1.13 bits per heavy atom. The van der Waals surface area contributed by atoms with Gasteiger partial charge >= 0.3 is 0 Å². The van der Waals surface area contributed by atoms with Gasteiger partial charge in [0, 0.05) is 11.6 Å². The lowest BCUT2D eigenvalue weighted by atomic mass is 10.1. The first-order chi connectivity index (χ1) is 7.25. The summed E-state index contributed by atoms with van der Waals surface area (Å²) in [5.74, 6) is 0.872. The summed E-state index contributed by atoms with van der Waals surface area (Å²) in [4.78, 5) is 0. The second-order valence-corrected chi connectivity index (χ2v) is 3.58. The van der Waals surface area contributed by atoms with E-state index in [1.807, 2.05) is 44.2 Å². The second kappa shape index (κ2) is 4.17. The van der Waals surface area contributed by atoms with Crippen LogP contribution in [0, 0.1) is 0 Å². The molecule has 0 atom stereocenters. The molecule has 0 saturated carbocycles. The molecule has 0 fully saturated rings. The zero-order valence-corrected chi connectivity index (χ0v) is 8.81. The Morgan fingerprint density at radius 3 is 2.40 bits per heavy atom. The van der Waals surface area contributed by atoms with E-state index >= 15 is 0 Å². The molecule has 1 aromatic heterocycles. The van der Waals surface area contributed by atoms with E-state index < -0.39 is 0 Å². The van der Waals surface area contributed by atoms with E-state index in [9.17, 15) is 0 Å². The van der Waals surface area contributed by atoms with Crippen molar-refractivity contribution < 1.29 is 9.26 Å². The van der Waals surface area contributed by atoms with Crippen LogP contribution in [0.4, 0.5) is 0 Å². The monoisotopic (exact) mass is 203 g/mol. The lowest BCUT2D eigenvalue weighted by Gasteiger charge is -2.09. The molecule has 0 aliphatic heterocycles. The van der Waals surface area contributed by atoms with Crippen LogP contribution in [0.15, 0.2) is 41.1 Å². The molecule has 3 heteroatoms. The summed E-state index contributed by atoms with van der Waals surface area (Å²) in [7, 11) is 0. The Morgan fingerprint density at radius 2 is 1.87 bits per heavy atom. The fourth-order valence-corrected chi connectivity index (χ4v) is 1.34. The quantitative estimate of drug-likeness (QED) is 0.768. The summed E-state index contributed by atoms with van der Waals surface area (Å²) in [5, 5.41) is 3.86. The largest absolute Gasteiger partial charge is 0.491 e. The van der Waals surface area contributed by atoms with Crippen molar-refractivity contribution in [2.45, 2.75) is 20.0 Å². The van der Waals surface area contributed by atoms with Crippen LogP contribution < -0.4 is 4.74 Å². The van der Waals surface area contributed by atoms with Gasteiger partial charge in [0.15, 0.2) is 0 Å². The average Bonchev–Trinajstić information content (AvgIpc) is 2.71. The molecular weight excluding hydrogens is 190 g/mol. The van der Waals surface area contributed by atoms with Crippen LogP contribution in [0.25, 0.3) is 11.3 Å². The van der Waals surface area contributed by atoms with Gasteiger partial charge in [-0.2, -0.15) is 0 Å². The van der Waals surface area contributed by atoms with Gasteiger partial charge in [-0.1, -0.05) is 5.16 Å². The third-order valence-electron chi connectivity index (χ3n) is 1.96. The third-order valence-corrected chi connectivity index (χ3v) is 1.96. The van der Waals surface area contributed by atoms with Gasteiger partial charge in [0.2, 0.25) is 0 Å². The summed E-state index contributed by atoms with van der Waals surface area (Å²) >= 11 is 0. The van der Waals surface area contributed by atoms with Gasteiger partial charge in [-0.05, 0) is 38.1 Å². The molecule has 2 rings (SSSR count). The normalized spacial score (nSPS) is 10.6. The molecule has 0 N–H and O–H groups in total. The highest BCUT2D eigenvalue weighted by Crippen LogP contribution is 2.21. The molecule has 0 radical (unpaired) electrons. The van der Waals surface area contributed by atoms with Crippen LogP contribution in [0.2, 0.25) is 0 Å². The van der Waals surface area contributed by atoms with Crippen LogP contribution in [0.5, 0.6) is 5.75 Å². The standard InChI is InChI=1S/C12H13NO2/c1-9(2)15-11-5-3-10(4-6-11)12-7-8-14-13-12/h3-9H,1-2H3. The highest BCUT2D eigenvalue weighted by atomic mass is 16.5. The third kappa shape index (κ3) is 2.37. The molecule has 0 amide bonds. The highest BCUT2D eigenvalue weighted by molar-refractivity contribution is 5.58. The number of benzene rings is 1. The minimum absolute atomic E-state index is 0.197. The van der Waals surface area contributed by atoms with Crippen molar-refractivity contribution in [2.24, 2.45) is 0 Å². The van der Waals surface area contributed by atoms with Crippen LogP contribution in [0.3, 0.4) is 0 Å². The molecule has 2 aromatic rings. The topological polar surface area (TPSA) is 35.3 Å². The first-order valence-electron chi connectivity index (χ1n) is 4.93. The number of rotatable bonds is 3. The van der Waals surface area contributed by atoms with Crippen LogP contribution in [0.1, 0.15) is 13.8 Å². The maximum absolute atomic E-state index is 5.54. The van der Waals surface area contributed by atoms with E-state index in [2.05, 4.69) is 5.16 Å². The molecule has 78 valence electrons. The predicted molar refractivity (Wildman–Crippen MR) is 57.7 cm³/mol. The van der Waals surface area contributed by atoms with Gasteiger partial charge in [0.1, 0.15) is 17.7 Å². The Bertz CT molecular complexity index is 404. The fourth-order valence-electron chi connectivity index (χ4n) is 1.34. The Hall–Kier alpha value is -1.77. The van der Waals surface area contributed by atoms with Crippen molar-refractivity contribution in [3.8, 4) is 17.0 Å². The smallest absolute Gasteiger partial charge is 0.124 e. The highest BCUT2D eigenvalue weighted by Gasteiger charge is 2.02. The van der Waals surface area contributed by atoms with Crippen molar-refractivity contribution >= 4 is 0 Å². The molecular formula is C12H13NO2. The SMILES string of the molecule is CC(C)Oc1ccc(-c2ccon2)cc1. The summed E-state index contributed by atoms with van der Waals surface area (Å²) in [6, 6.07) is 9.64. The molecule has 0 bridgehead atoms. The number of hydrogen-bond acceptors (Lipinski definition) is 3. The van der Waals surface area contributed by atoms with Crippen LogP contribution >= 0.6 is 0 Å². The number of ether oxygens (including phenoxy) is 1. The maximum Gasteiger partial charge on any atom is 0.124 e. The number of nitrogens with zero attached hydrogens (tertiary/aromatic N) is 1. The zero-order valence-electron chi connectivity index (χ0n) is 8.81. The van der Waals surface area contributed by atoms with E-state index in [-0.39, 0.29) is 6.10 Å². The molecule has 0 aliphatic rings. The molecule has 1 heterocycles. The molecule has 15 heavy (non-hydrogen) atoms. The summed E-state index contributed by atoms with van der Waals surface area (Å²) in [6.07, 6.45) is 1.76.